The van der Waals surface area contributed by atoms with Crippen molar-refractivity contribution in [2.45, 2.75) is 25.6 Å². The van der Waals surface area contributed by atoms with Gasteiger partial charge in [-0.25, -0.2) is 9.18 Å². The van der Waals surface area contributed by atoms with Gasteiger partial charge >= 0.3 is 5.97 Å². The largest absolute Gasteiger partial charge is 0.478 e. The van der Waals surface area contributed by atoms with Crippen LogP contribution in [-0.2, 0) is 4.79 Å². The maximum atomic E-state index is 13.2. The Balaban J connectivity index is 2.84. The average molecular weight is 228 g/mol. The molecule has 0 spiro atoms. The number of aliphatic carboxylic acids is 1. The van der Waals surface area contributed by atoms with Gasteiger partial charge in [-0.1, -0.05) is 19.1 Å². The lowest BCUT2D eigenvalue weighted by Gasteiger charge is -2.19. The molecule has 0 amide bonds. The molecule has 0 saturated heterocycles. The molecule has 5 heteroatoms. The number of aliphatic hydroxyl groups excluding tert-OH is 1. The van der Waals surface area contributed by atoms with E-state index in [4.69, 9.17) is 9.84 Å². The van der Waals surface area contributed by atoms with Gasteiger partial charge in [0.2, 0.25) is 6.10 Å². The Bertz CT molecular complexity index is 367. The number of carboxylic acid groups (broad SMARTS) is 1. The Kier molecular flexibility index (Phi) is 4.25. The Labute approximate surface area is 92.3 Å². The first-order valence-corrected chi connectivity index (χ1v) is 4.88. The van der Waals surface area contributed by atoms with E-state index in [1.807, 2.05) is 0 Å². The minimum atomic E-state index is -1.46. The third-order valence-corrected chi connectivity index (χ3v) is 2.10. The lowest BCUT2D eigenvalue weighted by atomic mass is 10.1. The van der Waals surface area contributed by atoms with Gasteiger partial charge in [-0.3, -0.25) is 0 Å². The summed E-state index contributed by atoms with van der Waals surface area (Å²) in [6.45, 7) is 1.62. The van der Waals surface area contributed by atoms with Crippen LogP contribution >= 0.6 is 0 Å². The molecule has 0 aliphatic carbocycles. The minimum Gasteiger partial charge on any atom is -0.478 e. The lowest BCUT2D eigenvalue weighted by molar-refractivity contribution is -0.150. The van der Waals surface area contributed by atoms with Crippen molar-refractivity contribution < 1.29 is 24.1 Å². The van der Waals surface area contributed by atoms with Crippen molar-refractivity contribution in [1.82, 2.24) is 0 Å². The molecule has 0 fully saturated rings. The van der Waals surface area contributed by atoms with Crippen LogP contribution in [0.5, 0.6) is 5.75 Å². The number of benzene rings is 1. The second kappa shape index (κ2) is 5.46. The standard InChI is InChI=1S/C11H13FO4/c1-2-8(13)10(11(14)15)16-9-6-4-3-5-7(9)12/h3-6,8,10,13H,2H2,1H3,(H,14,15). The van der Waals surface area contributed by atoms with Crippen LogP contribution in [0.3, 0.4) is 0 Å². The molecule has 0 saturated carbocycles. The molecular formula is C11H13FO4. The highest BCUT2D eigenvalue weighted by Gasteiger charge is 2.28. The summed E-state index contributed by atoms with van der Waals surface area (Å²) in [5, 5.41) is 18.2. The average Bonchev–Trinajstić information content (AvgIpc) is 2.26. The minimum absolute atomic E-state index is 0.178. The maximum absolute atomic E-state index is 13.2. The van der Waals surface area contributed by atoms with Crippen molar-refractivity contribution in [1.29, 1.82) is 0 Å². The summed E-state index contributed by atoms with van der Waals surface area (Å²) < 4.78 is 18.1. The summed E-state index contributed by atoms with van der Waals surface area (Å²) in [5.41, 5.74) is 0. The molecule has 0 radical (unpaired) electrons. The third kappa shape index (κ3) is 2.93. The SMILES string of the molecule is CCC(O)C(Oc1ccccc1F)C(=O)O. The first-order valence-electron chi connectivity index (χ1n) is 4.88. The van der Waals surface area contributed by atoms with E-state index in [-0.39, 0.29) is 12.2 Å². The Morgan fingerprint density at radius 2 is 2.12 bits per heavy atom. The predicted molar refractivity (Wildman–Crippen MR) is 54.7 cm³/mol. The number of rotatable bonds is 5. The van der Waals surface area contributed by atoms with Gasteiger partial charge in [0.1, 0.15) is 6.10 Å². The number of carboxylic acids is 1. The molecule has 0 aliphatic heterocycles. The highest BCUT2D eigenvalue weighted by molar-refractivity contribution is 5.73. The van der Waals surface area contributed by atoms with E-state index < -0.39 is 24.0 Å². The molecular weight excluding hydrogens is 215 g/mol. The quantitative estimate of drug-likeness (QED) is 0.800. The van der Waals surface area contributed by atoms with Crippen LogP contribution in [0.15, 0.2) is 24.3 Å². The van der Waals surface area contributed by atoms with Gasteiger partial charge in [0.05, 0.1) is 0 Å². The van der Waals surface area contributed by atoms with Crippen LogP contribution in [0.25, 0.3) is 0 Å². The summed E-state index contributed by atoms with van der Waals surface area (Å²) in [6, 6.07) is 5.46. The normalized spacial score (nSPS) is 14.2. The molecule has 0 bridgehead atoms. The van der Waals surface area contributed by atoms with Crippen molar-refractivity contribution in [2.24, 2.45) is 0 Å². The molecule has 0 heterocycles. The van der Waals surface area contributed by atoms with E-state index in [1.165, 1.54) is 18.2 Å². The van der Waals surface area contributed by atoms with Crippen molar-refractivity contribution >= 4 is 5.97 Å². The summed E-state index contributed by atoms with van der Waals surface area (Å²) in [5.74, 6) is -2.16. The zero-order valence-electron chi connectivity index (χ0n) is 8.76. The molecule has 1 rings (SSSR count). The number of carbonyl (C=O) groups is 1. The zero-order valence-corrected chi connectivity index (χ0v) is 8.76. The summed E-state index contributed by atoms with van der Waals surface area (Å²) >= 11 is 0. The van der Waals surface area contributed by atoms with Gasteiger partial charge in [-0.15, -0.1) is 0 Å². The lowest BCUT2D eigenvalue weighted by Crippen LogP contribution is -2.38. The van der Waals surface area contributed by atoms with Gasteiger partial charge in [0, 0.05) is 0 Å². The second-order valence-electron chi connectivity index (χ2n) is 3.28. The van der Waals surface area contributed by atoms with Gasteiger partial charge in [0.15, 0.2) is 11.6 Å². The highest BCUT2D eigenvalue weighted by Crippen LogP contribution is 2.18. The fourth-order valence-electron chi connectivity index (χ4n) is 1.18. The first kappa shape index (κ1) is 12.4. The fraction of sp³-hybridized carbons (Fsp3) is 0.364. The van der Waals surface area contributed by atoms with Crippen LogP contribution in [-0.4, -0.2) is 28.4 Å². The maximum Gasteiger partial charge on any atom is 0.347 e. The molecule has 0 aliphatic rings. The molecule has 88 valence electrons. The van der Waals surface area contributed by atoms with E-state index in [2.05, 4.69) is 0 Å². The van der Waals surface area contributed by atoms with E-state index in [1.54, 1.807) is 6.92 Å². The topological polar surface area (TPSA) is 66.8 Å². The predicted octanol–water partition coefficient (Wildman–Crippen LogP) is 1.43. The van der Waals surface area contributed by atoms with Gasteiger partial charge in [-0.05, 0) is 18.6 Å². The van der Waals surface area contributed by atoms with Gasteiger partial charge in [-0.2, -0.15) is 0 Å². The van der Waals surface area contributed by atoms with Crippen LogP contribution in [0.1, 0.15) is 13.3 Å². The van der Waals surface area contributed by atoms with Gasteiger partial charge in [0.25, 0.3) is 0 Å². The number of para-hydroxylation sites is 1. The van der Waals surface area contributed by atoms with E-state index in [0.717, 1.165) is 6.07 Å². The Morgan fingerprint density at radius 1 is 1.50 bits per heavy atom. The summed E-state index contributed by atoms with van der Waals surface area (Å²) in [7, 11) is 0. The molecule has 2 atom stereocenters. The number of halogens is 1. The first-order chi connectivity index (χ1) is 7.56. The smallest absolute Gasteiger partial charge is 0.347 e. The Hall–Kier alpha value is -1.62. The molecule has 0 aromatic heterocycles. The molecule has 16 heavy (non-hydrogen) atoms. The highest BCUT2D eigenvalue weighted by atomic mass is 19.1. The summed E-state index contributed by atoms with van der Waals surface area (Å²) in [4.78, 5) is 10.8. The van der Waals surface area contributed by atoms with Crippen LogP contribution in [0.4, 0.5) is 4.39 Å². The second-order valence-corrected chi connectivity index (χ2v) is 3.28. The van der Waals surface area contributed by atoms with Crippen molar-refractivity contribution in [3.05, 3.63) is 30.1 Å². The van der Waals surface area contributed by atoms with Crippen molar-refractivity contribution in [2.75, 3.05) is 0 Å². The summed E-state index contributed by atoms with van der Waals surface area (Å²) in [6.07, 6.45) is -2.41. The molecule has 1 aromatic carbocycles. The molecule has 2 unspecified atom stereocenters. The fourth-order valence-corrected chi connectivity index (χ4v) is 1.18. The molecule has 1 aromatic rings. The van der Waals surface area contributed by atoms with Gasteiger partial charge < -0.3 is 14.9 Å². The number of hydrogen-bond acceptors (Lipinski definition) is 3. The number of hydrogen-bond donors (Lipinski definition) is 2. The third-order valence-electron chi connectivity index (χ3n) is 2.10. The number of aliphatic hydroxyl groups is 1. The van der Waals surface area contributed by atoms with Crippen LogP contribution in [0, 0.1) is 5.82 Å². The zero-order chi connectivity index (χ0) is 12.1. The van der Waals surface area contributed by atoms with E-state index >= 15 is 0 Å². The van der Waals surface area contributed by atoms with E-state index in [0.29, 0.717) is 0 Å². The monoisotopic (exact) mass is 228 g/mol. The molecule has 2 N–H and O–H groups in total. The van der Waals surface area contributed by atoms with Crippen LogP contribution < -0.4 is 4.74 Å². The van der Waals surface area contributed by atoms with E-state index in [9.17, 15) is 14.3 Å². The van der Waals surface area contributed by atoms with Crippen molar-refractivity contribution in [3.8, 4) is 5.75 Å². The molecule has 4 nitrogen and oxygen atoms in total. The Morgan fingerprint density at radius 3 is 2.62 bits per heavy atom. The number of ether oxygens (including phenoxy) is 1. The van der Waals surface area contributed by atoms with Crippen LogP contribution in [0.2, 0.25) is 0 Å². The van der Waals surface area contributed by atoms with Crippen molar-refractivity contribution in [3.63, 3.8) is 0 Å².